The number of aliphatic carboxylic acids is 1. The molecule has 1 aliphatic rings. The fourth-order valence-electron chi connectivity index (χ4n) is 5.23. The van der Waals surface area contributed by atoms with Crippen molar-refractivity contribution in [3.63, 3.8) is 0 Å². The van der Waals surface area contributed by atoms with Crippen molar-refractivity contribution in [1.82, 2.24) is 20.9 Å². The fourth-order valence-corrected chi connectivity index (χ4v) is 5.23. The standard InChI is InChI=1S/C31H49N7O7/c1-3-19(2)26(30(43)38-17-9-13-24(38)29(42)36-23(31(44)45)12-7-8-16-32)37-28(41)22(14-15-25(34)39)35-27(40)21(33)18-20-10-5-4-6-11-20/h4-6,10-11,19,21-24,26H,3,7-9,12-18,32-33H2,1-2H3,(H2,34,39)(H,35,40)(H,36,42)(H,37,41)(H,44,45)/t19-,21-,22-,23-,24-,26-/m0/s1. The number of nitrogens with zero attached hydrogens (tertiary/aromatic N) is 1. The molecule has 1 saturated heterocycles. The van der Waals surface area contributed by atoms with E-state index in [1.807, 2.05) is 37.3 Å². The zero-order valence-electron chi connectivity index (χ0n) is 26.2. The molecule has 1 aliphatic heterocycles. The van der Waals surface area contributed by atoms with Crippen molar-refractivity contribution in [2.45, 2.75) is 102 Å². The fraction of sp³-hybridized carbons (Fsp3) is 0.613. The number of carboxylic acid groups (broad SMARTS) is 1. The van der Waals surface area contributed by atoms with Crippen LogP contribution in [0.15, 0.2) is 30.3 Å². The van der Waals surface area contributed by atoms with Gasteiger partial charge in [0, 0.05) is 13.0 Å². The van der Waals surface area contributed by atoms with E-state index in [9.17, 15) is 33.9 Å². The van der Waals surface area contributed by atoms with E-state index in [4.69, 9.17) is 17.2 Å². The number of primary amides is 1. The summed E-state index contributed by atoms with van der Waals surface area (Å²) in [5, 5.41) is 17.5. The zero-order chi connectivity index (χ0) is 33.5. The van der Waals surface area contributed by atoms with E-state index in [2.05, 4.69) is 16.0 Å². The number of amides is 5. The van der Waals surface area contributed by atoms with Crippen LogP contribution in [0.3, 0.4) is 0 Å². The van der Waals surface area contributed by atoms with Gasteiger partial charge in [-0.15, -0.1) is 0 Å². The van der Waals surface area contributed by atoms with Crippen LogP contribution < -0.4 is 33.2 Å². The third kappa shape index (κ3) is 11.8. The van der Waals surface area contributed by atoms with Gasteiger partial charge in [-0.25, -0.2) is 4.79 Å². The highest BCUT2D eigenvalue weighted by atomic mass is 16.4. The SMILES string of the molecule is CC[C@H](C)[C@H](NC(=O)[C@H](CCC(N)=O)NC(=O)[C@@H](N)Cc1ccccc1)C(=O)N1CCC[C@H]1C(=O)N[C@@H](CCCCN)C(=O)O. The Morgan fingerprint density at radius 2 is 1.67 bits per heavy atom. The number of nitrogens with two attached hydrogens (primary N) is 3. The molecule has 0 unspecified atom stereocenters. The van der Waals surface area contributed by atoms with Gasteiger partial charge in [-0.05, 0) is 63.0 Å². The molecule has 0 aromatic heterocycles. The first-order chi connectivity index (χ1) is 21.4. The number of likely N-dealkylation sites (tertiary alicyclic amines) is 1. The highest BCUT2D eigenvalue weighted by Gasteiger charge is 2.40. The van der Waals surface area contributed by atoms with Crippen LogP contribution in [-0.4, -0.2) is 88.8 Å². The van der Waals surface area contributed by atoms with Gasteiger partial charge in [0.1, 0.15) is 24.2 Å². The van der Waals surface area contributed by atoms with E-state index in [-0.39, 0.29) is 38.1 Å². The zero-order valence-corrected chi connectivity index (χ0v) is 26.2. The minimum Gasteiger partial charge on any atom is -0.480 e. The minimum atomic E-state index is -1.20. The van der Waals surface area contributed by atoms with Crippen LogP contribution in [0, 0.1) is 5.92 Å². The molecular weight excluding hydrogens is 582 g/mol. The summed E-state index contributed by atoms with van der Waals surface area (Å²) in [4.78, 5) is 78.2. The van der Waals surface area contributed by atoms with Crippen molar-refractivity contribution in [3.05, 3.63) is 35.9 Å². The molecule has 0 radical (unpaired) electrons. The first-order valence-corrected chi connectivity index (χ1v) is 15.6. The predicted molar refractivity (Wildman–Crippen MR) is 167 cm³/mol. The second-order valence-corrected chi connectivity index (χ2v) is 11.6. The van der Waals surface area contributed by atoms with E-state index < -0.39 is 65.7 Å². The van der Waals surface area contributed by atoms with E-state index in [1.165, 1.54) is 4.90 Å². The third-order valence-electron chi connectivity index (χ3n) is 8.12. The number of carbonyl (C=O) groups excluding carboxylic acids is 5. The predicted octanol–water partition coefficient (Wildman–Crippen LogP) is -0.473. The van der Waals surface area contributed by atoms with Crippen LogP contribution >= 0.6 is 0 Å². The summed E-state index contributed by atoms with van der Waals surface area (Å²) in [7, 11) is 0. The van der Waals surface area contributed by atoms with Crippen molar-refractivity contribution < 1.29 is 33.9 Å². The Bertz CT molecular complexity index is 1170. The smallest absolute Gasteiger partial charge is 0.326 e. The van der Waals surface area contributed by atoms with Crippen molar-refractivity contribution in [2.75, 3.05) is 13.1 Å². The Morgan fingerprint density at radius 1 is 0.978 bits per heavy atom. The molecule has 1 fully saturated rings. The summed E-state index contributed by atoms with van der Waals surface area (Å²) in [6, 6.07) is 3.86. The number of rotatable bonds is 19. The number of hydrogen-bond donors (Lipinski definition) is 7. The maximum absolute atomic E-state index is 13.9. The molecule has 1 aromatic carbocycles. The van der Waals surface area contributed by atoms with Crippen LogP contribution in [0.1, 0.15) is 70.8 Å². The van der Waals surface area contributed by atoms with Crippen LogP contribution in [0.5, 0.6) is 0 Å². The van der Waals surface area contributed by atoms with Crippen LogP contribution in [0.4, 0.5) is 0 Å². The van der Waals surface area contributed by atoms with Gasteiger partial charge >= 0.3 is 5.97 Å². The monoisotopic (exact) mass is 631 g/mol. The number of unbranched alkanes of at least 4 members (excludes halogenated alkanes) is 1. The van der Waals surface area contributed by atoms with Gasteiger partial charge in [-0.1, -0.05) is 50.6 Å². The Labute approximate surface area is 264 Å². The van der Waals surface area contributed by atoms with Gasteiger partial charge in [-0.2, -0.15) is 0 Å². The lowest BCUT2D eigenvalue weighted by Gasteiger charge is -2.32. The molecule has 14 heteroatoms. The molecule has 250 valence electrons. The molecule has 1 aromatic rings. The lowest BCUT2D eigenvalue weighted by Crippen LogP contribution is -2.59. The first-order valence-electron chi connectivity index (χ1n) is 15.6. The van der Waals surface area contributed by atoms with Crippen molar-refractivity contribution >= 4 is 35.5 Å². The first kappa shape index (κ1) is 37.1. The van der Waals surface area contributed by atoms with E-state index in [0.717, 1.165) is 5.56 Å². The average Bonchev–Trinajstić information content (AvgIpc) is 3.51. The highest BCUT2D eigenvalue weighted by Crippen LogP contribution is 2.22. The molecule has 6 atom stereocenters. The Morgan fingerprint density at radius 3 is 2.27 bits per heavy atom. The number of carbonyl (C=O) groups is 6. The Kier molecular flexibility index (Phi) is 15.4. The van der Waals surface area contributed by atoms with Crippen molar-refractivity contribution in [2.24, 2.45) is 23.1 Å². The molecule has 10 N–H and O–H groups in total. The quantitative estimate of drug-likeness (QED) is 0.0975. The maximum Gasteiger partial charge on any atom is 0.326 e. The van der Waals surface area contributed by atoms with Crippen LogP contribution in [-0.2, 0) is 35.2 Å². The van der Waals surface area contributed by atoms with Gasteiger partial charge < -0.3 is 43.2 Å². The second-order valence-electron chi connectivity index (χ2n) is 11.6. The summed E-state index contributed by atoms with van der Waals surface area (Å²) in [5.74, 6) is -4.57. The maximum atomic E-state index is 13.9. The second kappa shape index (κ2) is 18.7. The topological polar surface area (TPSA) is 240 Å². The van der Waals surface area contributed by atoms with Gasteiger partial charge in [0.2, 0.25) is 29.5 Å². The molecular formula is C31H49N7O7. The van der Waals surface area contributed by atoms with Gasteiger partial charge in [0.15, 0.2) is 0 Å². The van der Waals surface area contributed by atoms with Gasteiger partial charge in [0.25, 0.3) is 0 Å². The number of carboxylic acids is 1. The van der Waals surface area contributed by atoms with Gasteiger partial charge in [-0.3, -0.25) is 24.0 Å². The van der Waals surface area contributed by atoms with Gasteiger partial charge in [0.05, 0.1) is 6.04 Å². The number of benzene rings is 1. The number of hydrogen-bond acceptors (Lipinski definition) is 8. The Hall–Kier alpha value is -4.04. The summed E-state index contributed by atoms with van der Waals surface area (Å²) >= 11 is 0. The lowest BCUT2D eigenvalue weighted by molar-refractivity contribution is -0.145. The molecule has 1 heterocycles. The largest absolute Gasteiger partial charge is 0.480 e. The molecule has 2 rings (SSSR count). The Balaban J connectivity index is 2.18. The van der Waals surface area contributed by atoms with Crippen molar-refractivity contribution in [1.29, 1.82) is 0 Å². The summed E-state index contributed by atoms with van der Waals surface area (Å²) in [6.07, 6.45) is 2.62. The molecule has 0 aliphatic carbocycles. The molecule has 14 nitrogen and oxygen atoms in total. The summed E-state index contributed by atoms with van der Waals surface area (Å²) in [5.41, 5.74) is 17.8. The third-order valence-corrected chi connectivity index (χ3v) is 8.12. The number of nitrogens with one attached hydrogen (secondary N) is 3. The molecule has 5 amide bonds. The van der Waals surface area contributed by atoms with Crippen LogP contribution in [0.25, 0.3) is 0 Å². The lowest BCUT2D eigenvalue weighted by atomic mass is 9.96. The minimum absolute atomic E-state index is 0.109. The van der Waals surface area contributed by atoms with E-state index >= 15 is 0 Å². The normalized spacial score (nSPS) is 17.8. The molecule has 0 saturated carbocycles. The van der Waals surface area contributed by atoms with E-state index in [1.54, 1.807) is 6.92 Å². The molecule has 0 spiro atoms. The average molecular weight is 632 g/mol. The van der Waals surface area contributed by atoms with Crippen LogP contribution in [0.2, 0.25) is 0 Å². The summed E-state index contributed by atoms with van der Waals surface area (Å²) in [6.45, 7) is 4.28. The molecule has 0 bridgehead atoms. The van der Waals surface area contributed by atoms with E-state index in [0.29, 0.717) is 38.6 Å². The molecule has 45 heavy (non-hydrogen) atoms. The summed E-state index contributed by atoms with van der Waals surface area (Å²) < 4.78 is 0. The highest BCUT2D eigenvalue weighted by molar-refractivity contribution is 5.96. The van der Waals surface area contributed by atoms with Crippen molar-refractivity contribution in [3.8, 4) is 0 Å².